The predicted octanol–water partition coefficient (Wildman–Crippen LogP) is 2.43. The Labute approximate surface area is 76.8 Å². The largest absolute Gasteiger partial charge is 0.478 e. The van der Waals surface area contributed by atoms with E-state index < -0.39 is 5.97 Å². The van der Waals surface area contributed by atoms with Gasteiger partial charge in [0.15, 0.2) is 0 Å². The van der Waals surface area contributed by atoms with Gasteiger partial charge in [-0.05, 0) is 17.2 Å². The number of carboxylic acid groups (broad SMARTS) is 1. The summed E-state index contributed by atoms with van der Waals surface area (Å²) in [7, 11) is 0. The lowest BCUT2D eigenvalue weighted by molar-refractivity contribution is -0.131. The lowest BCUT2D eigenvalue weighted by atomic mass is 10.1. The number of aliphatic carboxylic acids is 1. The minimum atomic E-state index is -0.945. The molecule has 2 heteroatoms. The summed E-state index contributed by atoms with van der Waals surface area (Å²) in [5.41, 5.74) is 1.79. The Kier molecular flexibility index (Phi) is 3.03. The monoisotopic (exact) mass is 174 g/mol. The number of rotatable bonds is 3. The van der Waals surface area contributed by atoms with Crippen LogP contribution in [0.2, 0.25) is 0 Å². The summed E-state index contributed by atoms with van der Waals surface area (Å²) in [5, 5.41) is 8.43. The fourth-order valence-electron chi connectivity index (χ4n) is 1.01. The van der Waals surface area contributed by atoms with E-state index in [2.05, 4.69) is 6.58 Å². The summed E-state index contributed by atoms with van der Waals surface area (Å²) in [6.07, 6.45) is 4.36. The molecule has 0 atom stereocenters. The zero-order valence-corrected chi connectivity index (χ0v) is 7.10. The Morgan fingerprint density at radius 3 is 2.46 bits per heavy atom. The number of hydrogen-bond donors (Lipinski definition) is 1. The van der Waals surface area contributed by atoms with Crippen molar-refractivity contribution in [2.24, 2.45) is 0 Å². The Morgan fingerprint density at radius 1 is 1.31 bits per heavy atom. The van der Waals surface area contributed by atoms with Crippen LogP contribution in [0.25, 0.3) is 12.2 Å². The van der Waals surface area contributed by atoms with Crippen molar-refractivity contribution < 1.29 is 9.90 Å². The van der Waals surface area contributed by atoms with Crippen molar-refractivity contribution in [3.63, 3.8) is 0 Å². The summed E-state index contributed by atoms with van der Waals surface area (Å²) >= 11 is 0. The van der Waals surface area contributed by atoms with Gasteiger partial charge < -0.3 is 5.11 Å². The molecular formula is C11H10O2. The van der Waals surface area contributed by atoms with Crippen LogP contribution in [0.15, 0.2) is 36.9 Å². The molecule has 0 aliphatic rings. The average molecular weight is 174 g/mol. The summed E-state index contributed by atoms with van der Waals surface area (Å²) in [6.45, 7) is 3.64. The average Bonchev–Trinajstić information content (AvgIpc) is 2.15. The van der Waals surface area contributed by atoms with Crippen molar-refractivity contribution in [3.8, 4) is 0 Å². The maximum absolute atomic E-state index is 10.3. The molecule has 0 unspecified atom stereocenters. The fourth-order valence-corrected chi connectivity index (χ4v) is 1.01. The zero-order chi connectivity index (χ0) is 9.68. The van der Waals surface area contributed by atoms with Crippen LogP contribution < -0.4 is 0 Å². The smallest absolute Gasteiger partial charge is 0.328 e. The number of hydrogen-bond acceptors (Lipinski definition) is 1. The van der Waals surface area contributed by atoms with Gasteiger partial charge >= 0.3 is 5.97 Å². The highest BCUT2D eigenvalue weighted by atomic mass is 16.4. The summed E-state index contributed by atoms with van der Waals surface area (Å²) in [4.78, 5) is 10.3. The molecule has 0 saturated heterocycles. The molecule has 1 rings (SSSR count). The standard InChI is InChI=1S/C11H10O2/c1-2-9-5-3-4-6-10(9)7-8-11(12)13/h2-8H,1H2,(H,12,13)/b8-7+. The normalized spacial score (nSPS) is 10.2. The van der Waals surface area contributed by atoms with Gasteiger partial charge in [-0.25, -0.2) is 4.79 Å². The van der Waals surface area contributed by atoms with E-state index in [0.29, 0.717) is 0 Å². The summed E-state index contributed by atoms with van der Waals surface area (Å²) in [5.74, 6) is -0.945. The third-order valence-electron chi connectivity index (χ3n) is 1.62. The second-order valence-corrected chi connectivity index (χ2v) is 2.50. The molecule has 66 valence electrons. The van der Waals surface area contributed by atoms with Crippen LogP contribution in [0.1, 0.15) is 11.1 Å². The molecule has 0 amide bonds. The van der Waals surface area contributed by atoms with E-state index in [1.54, 1.807) is 12.2 Å². The van der Waals surface area contributed by atoms with Crippen LogP contribution in [0.3, 0.4) is 0 Å². The first kappa shape index (κ1) is 9.26. The van der Waals surface area contributed by atoms with E-state index in [-0.39, 0.29) is 0 Å². The van der Waals surface area contributed by atoms with Gasteiger partial charge in [-0.3, -0.25) is 0 Å². The van der Waals surface area contributed by atoms with Gasteiger partial charge in [0.25, 0.3) is 0 Å². The van der Waals surface area contributed by atoms with Crippen LogP contribution in [0.5, 0.6) is 0 Å². The molecule has 0 bridgehead atoms. The molecule has 0 aromatic heterocycles. The van der Waals surface area contributed by atoms with Crippen LogP contribution in [-0.2, 0) is 4.79 Å². The minimum absolute atomic E-state index is 0.861. The topological polar surface area (TPSA) is 37.3 Å². The molecule has 0 fully saturated rings. The molecule has 1 N–H and O–H groups in total. The van der Waals surface area contributed by atoms with Crippen molar-refractivity contribution in [3.05, 3.63) is 48.0 Å². The third-order valence-corrected chi connectivity index (χ3v) is 1.62. The molecule has 0 heterocycles. The van der Waals surface area contributed by atoms with E-state index in [9.17, 15) is 4.79 Å². The van der Waals surface area contributed by atoms with E-state index in [1.807, 2.05) is 24.3 Å². The maximum atomic E-state index is 10.3. The zero-order valence-electron chi connectivity index (χ0n) is 7.10. The highest BCUT2D eigenvalue weighted by Gasteiger charge is 1.93. The van der Waals surface area contributed by atoms with Gasteiger partial charge in [-0.2, -0.15) is 0 Å². The van der Waals surface area contributed by atoms with Crippen molar-refractivity contribution in [2.45, 2.75) is 0 Å². The molecule has 0 aliphatic carbocycles. The van der Waals surface area contributed by atoms with Gasteiger partial charge in [0, 0.05) is 6.08 Å². The minimum Gasteiger partial charge on any atom is -0.478 e. The van der Waals surface area contributed by atoms with E-state index >= 15 is 0 Å². The highest BCUT2D eigenvalue weighted by Crippen LogP contribution is 2.11. The second-order valence-electron chi connectivity index (χ2n) is 2.50. The molecule has 1 aromatic rings. The van der Waals surface area contributed by atoms with Crippen LogP contribution in [0, 0.1) is 0 Å². The Hall–Kier alpha value is -1.83. The maximum Gasteiger partial charge on any atom is 0.328 e. The van der Waals surface area contributed by atoms with Crippen molar-refractivity contribution in [1.29, 1.82) is 0 Å². The lowest BCUT2D eigenvalue weighted by Gasteiger charge is -1.97. The van der Waals surface area contributed by atoms with Gasteiger partial charge in [0.1, 0.15) is 0 Å². The first-order valence-corrected chi connectivity index (χ1v) is 3.86. The summed E-state index contributed by atoms with van der Waals surface area (Å²) < 4.78 is 0. The first-order chi connectivity index (χ1) is 6.24. The first-order valence-electron chi connectivity index (χ1n) is 3.86. The molecule has 0 aliphatic heterocycles. The molecule has 13 heavy (non-hydrogen) atoms. The molecule has 2 nitrogen and oxygen atoms in total. The SMILES string of the molecule is C=Cc1ccccc1/C=C/C(=O)O. The predicted molar refractivity (Wildman–Crippen MR) is 53.2 cm³/mol. The Morgan fingerprint density at radius 2 is 1.92 bits per heavy atom. The van der Waals surface area contributed by atoms with Gasteiger partial charge in [-0.15, -0.1) is 0 Å². The quantitative estimate of drug-likeness (QED) is 0.714. The molecule has 0 radical (unpaired) electrons. The highest BCUT2D eigenvalue weighted by molar-refractivity contribution is 5.86. The van der Waals surface area contributed by atoms with Gasteiger partial charge in [0.2, 0.25) is 0 Å². The summed E-state index contributed by atoms with van der Waals surface area (Å²) in [6, 6.07) is 7.47. The molecule has 1 aromatic carbocycles. The van der Waals surface area contributed by atoms with Crippen LogP contribution in [-0.4, -0.2) is 11.1 Å². The Bertz CT molecular complexity index is 351. The molecule has 0 saturated carbocycles. The number of carboxylic acids is 1. The van der Waals surface area contributed by atoms with Gasteiger partial charge in [-0.1, -0.05) is 36.9 Å². The van der Waals surface area contributed by atoms with Gasteiger partial charge in [0.05, 0.1) is 0 Å². The van der Waals surface area contributed by atoms with E-state index in [0.717, 1.165) is 17.2 Å². The second kappa shape index (κ2) is 4.26. The van der Waals surface area contributed by atoms with E-state index in [4.69, 9.17) is 5.11 Å². The fraction of sp³-hybridized carbons (Fsp3) is 0. The van der Waals surface area contributed by atoms with Crippen LogP contribution in [0.4, 0.5) is 0 Å². The van der Waals surface area contributed by atoms with Crippen molar-refractivity contribution in [1.82, 2.24) is 0 Å². The van der Waals surface area contributed by atoms with Crippen molar-refractivity contribution in [2.75, 3.05) is 0 Å². The number of carbonyl (C=O) groups is 1. The molecule has 0 spiro atoms. The molecular weight excluding hydrogens is 164 g/mol. The third kappa shape index (κ3) is 2.60. The van der Waals surface area contributed by atoms with Crippen molar-refractivity contribution >= 4 is 18.1 Å². The van der Waals surface area contributed by atoms with E-state index in [1.165, 1.54) is 0 Å². The lowest BCUT2D eigenvalue weighted by Crippen LogP contribution is -1.86. The van der Waals surface area contributed by atoms with Crippen LogP contribution >= 0.6 is 0 Å². The Balaban J connectivity index is 3.00. The number of benzene rings is 1.